The van der Waals surface area contributed by atoms with Crippen LogP contribution in [0.2, 0.25) is 0 Å². The van der Waals surface area contributed by atoms with Crippen molar-refractivity contribution >= 4 is 39.2 Å². The number of hydrogen-bond donors (Lipinski definition) is 1. The lowest BCUT2D eigenvalue weighted by atomic mass is 9.89. The van der Waals surface area contributed by atoms with Gasteiger partial charge in [0.2, 0.25) is 5.91 Å². The van der Waals surface area contributed by atoms with E-state index >= 15 is 0 Å². The number of aromatic nitrogens is 2. The first-order valence-electron chi connectivity index (χ1n) is 12.2. The lowest BCUT2D eigenvalue weighted by Crippen LogP contribution is -2.37. The second-order valence-corrected chi connectivity index (χ2v) is 11.7. The average molecular weight is 476 g/mol. The minimum absolute atomic E-state index is 0.0409. The molecule has 1 aliphatic heterocycles. The Morgan fingerprint density at radius 2 is 2.06 bits per heavy atom. The van der Waals surface area contributed by atoms with Gasteiger partial charge in [0.25, 0.3) is 5.56 Å². The summed E-state index contributed by atoms with van der Waals surface area (Å²) in [5, 5.41) is 4.65. The van der Waals surface area contributed by atoms with Crippen molar-refractivity contribution in [3.63, 3.8) is 0 Å². The minimum Gasteiger partial charge on any atom is -0.376 e. The van der Waals surface area contributed by atoms with E-state index in [1.54, 1.807) is 15.9 Å². The minimum atomic E-state index is 0.0409. The fourth-order valence-corrected chi connectivity index (χ4v) is 7.56. The molecule has 174 valence electrons. The second-order valence-electron chi connectivity index (χ2n) is 9.67. The summed E-state index contributed by atoms with van der Waals surface area (Å²) >= 11 is 3.07. The molecule has 1 saturated heterocycles. The van der Waals surface area contributed by atoms with Crippen LogP contribution in [0.3, 0.4) is 0 Å². The molecule has 2 atom stereocenters. The number of nitrogens with one attached hydrogen (secondary N) is 1. The third kappa shape index (κ3) is 4.77. The van der Waals surface area contributed by atoms with Crippen LogP contribution in [0.15, 0.2) is 9.95 Å². The maximum absolute atomic E-state index is 13.7. The van der Waals surface area contributed by atoms with Gasteiger partial charge in [0.1, 0.15) is 4.83 Å². The quantitative estimate of drug-likeness (QED) is 0.498. The van der Waals surface area contributed by atoms with Crippen LogP contribution < -0.4 is 10.9 Å². The average Bonchev–Trinajstić information content (AvgIpc) is 3.42. The maximum atomic E-state index is 13.7. The summed E-state index contributed by atoms with van der Waals surface area (Å²) in [7, 11) is 0. The summed E-state index contributed by atoms with van der Waals surface area (Å²) in [4.78, 5) is 33.4. The van der Waals surface area contributed by atoms with Crippen LogP contribution in [-0.2, 0) is 28.9 Å². The summed E-state index contributed by atoms with van der Waals surface area (Å²) in [6, 6.07) is 0.299. The van der Waals surface area contributed by atoms with Gasteiger partial charge in [-0.2, -0.15) is 0 Å². The van der Waals surface area contributed by atoms with Crippen LogP contribution in [0.1, 0.15) is 68.7 Å². The van der Waals surface area contributed by atoms with Crippen molar-refractivity contribution in [2.75, 3.05) is 12.4 Å². The molecule has 2 aromatic rings. The monoisotopic (exact) mass is 475 g/mol. The highest BCUT2D eigenvalue weighted by molar-refractivity contribution is 7.99. The van der Waals surface area contributed by atoms with Gasteiger partial charge in [-0.15, -0.1) is 11.3 Å². The summed E-state index contributed by atoms with van der Waals surface area (Å²) in [6.07, 6.45) is 11.0. The molecular weight excluding hydrogens is 442 g/mol. The van der Waals surface area contributed by atoms with Gasteiger partial charge >= 0.3 is 0 Å². The lowest BCUT2D eigenvalue weighted by molar-refractivity contribution is -0.119. The van der Waals surface area contributed by atoms with Gasteiger partial charge in [0.05, 0.1) is 23.8 Å². The molecule has 2 aromatic heterocycles. The van der Waals surface area contributed by atoms with E-state index in [2.05, 4.69) is 12.2 Å². The highest BCUT2D eigenvalue weighted by atomic mass is 32.2. The third-order valence-corrected chi connectivity index (χ3v) is 9.22. The van der Waals surface area contributed by atoms with E-state index in [0.717, 1.165) is 61.8 Å². The highest BCUT2D eigenvalue weighted by Crippen LogP contribution is 2.36. The molecule has 1 N–H and O–H groups in total. The van der Waals surface area contributed by atoms with E-state index in [-0.39, 0.29) is 17.6 Å². The topological polar surface area (TPSA) is 73.2 Å². The Bertz CT molecular complexity index is 1040. The normalized spacial score (nSPS) is 24.0. The Labute approximate surface area is 197 Å². The highest BCUT2D eigenvalue weighted by Gasteiger charge is 2.27. The van der Waals surface area contributed by atoms with Crippen molar-refractivity contribution in [2.45, 2.75) is 95.0 Å². The number of thiophene rings is 1. The standard InChI is InChI=1S/C24H33N3O3S2/c1-15-9-10-18-19(12-15)32-22-21(18)23(29)27(13-17-8-5-11-30-17)24(26-22)31-14-20(28)25-16-6-3-2-4-7-16/h15-17H,2-14H2,1H3,(H,25,28). The van der Waals surface area contributed by atoms with Crippen LogP contribution in [0.5, 0.6) is 0 Å². The molecule has 1 amide bonds. The van der Waals surface area contributed by atoms with Crippen LogP contribution in [0.25, 0.3) is 10.2 Å². The molecule has 0 radical (unpaired) electrons. The predicted molar refractivity (Wildman–Crippen MR) is 130 cm³/mol. The van der Waals surface area contributed by atoms with Gasteiger partial charge in [-0.05, 0) is 56.4 Å². The number of nitrogens with zero attached hydrogens (tertiary/aromatic N) is 2. The van der Waals surface area contributed by atoms with Crippen molar-refractivity contribution in [3.05, 3.63) is 20.8 Å². The first kappa shape index (κ1) is 22.4. The zero-order valence-corrected chi connectivity index (χ0v) is 20.5. The SMILES string of the molecule is CC1CCc2c(sc3nc(SCC(=O)NC4CCCCC4)n(CC4CCCO4)c(=O)c23)C1. The van der Waals surface area contributed by atoms with Crippen molar-refractivity contribution in [1.29, 1.82) is 0 Å². The van der Waals surface area contributed by atoms with Gasteiger partial charge in [-0.1, -0.05) is 37.9 Å². The fraction of sp³-hybridized carbons (Fsp3) is 0.708. The van der Waals surface area contributed by atoms with Crippen LogP contribution in [0, 0.1) is 5.92 Å². The van der Waals surface area contributed by atoms with E-state index < -0.39 is 0 Å². The van der Waals surface area contributed by atoms with Crippen LogP contribution >= 0.6 is 23.1 Å². The zero-order chi connectivity index (χ0) is 22.1. The molecule has 8 heteroatoms. The Balaban J connectivity index is 1.41. The van der Waals surface area contributed by atoms with Crippen LogP contribution in [0.4, 0.5) is 0 Å². The number of hydrogen-bond acceptors (Lipinski definition) is 6. The number of carbonyl (C=O) groups excluding carboxylic acids is 1. The summed E-state index contributed by atoms with van der Waals surface area (Å²) < 4.78 is 7.63. The van der Waals surface area contributed by atoms with E-state index in [9.17, 15) is 9.59 Å². The molecule has 6 nitrogen and oxygen atoms in total. The molecule has 32 heavy (non-hydrogen) atoms. The van der Waals surface area contributed by atoms with Crippen molar-refractivity contribution in [3.8, 4) is 0 Å². The molecule has 0 spiro atoms. The summed E-state index contributed by atoms with van der Waals surface area (Å²) in [6.45, 7) is 3.56. The number of thioether (sulfide) groups is 1. The molecule has 3 aliphatic rings. The molecule has 2 fully saturated rings. The molecule has 0 aromatic carbocycles. The van der Waals surface area contributed by atoms with Crippen LogP contribution in [-0.4, -0.2) is 40.0 Å². The van der Waals surface area contributed by atoms with E-state index in [0.29, 0.717) is 29.4 Å². The Morgan fingerprint density at radius 3 is 2.84 bits per heavy atom. The predicted octanol–water partition coefficient (Wildman–Crippen LogP) is 4.30. The number of ether oxygens (including phenoxy) is 1. The molecule has 3 heterocycles. The van der Waals surface area contributed by atoms with Gasteiger partial charge in [-0.25, -0.2) is 4.98 Å². The molecule has 1 saturated carbocycles. The molecule has 0 bridgehead atoms. The molecule has 2 aliphatic carbocycles. The zero-order valence-electron chi connectivity index (χ0n) is 18.9. The fourth-order valence-electron chi connectivity index (χ4n) is 5.31. The number of rotatable bonds is 6. The first-order chi connectivity index (χ1) is 15.6. The number of amides is 1. The van der Waals surface area contributed by atoms with Gasteiger partial charge in [0, 0.05) is 17.5 Å². The Hall–Kier alpha value is -1.38. The molecule has 2 unspecified atom stereocenters. The number of fused-ring (bicyclic) bond motifs is 3. The largest absolute Gasteiger partial charge is 0.376 e. The summed E-state index contributed by atoms with van der Waals surface area (Å²) in [5.74, 6) is 0.989. The van der Waals surface area contributed by atoms with Crippen molar-refractivity contribution in [1.82, 2.24) is 14.9 Å². The lowest BCUT2D eigenvalue weighted by Gasteiger charge is -2.22. The molecular formula is C24H33N3O3S2. The van der Waals surface area contributed by atoms with Crippen molar-refractivity contribution < 1.29 is 9.53 Å². The number of aryl methyl sites for hydroxylation is 1. The van der Waals surface area contributed by atoms with E-state index in [1.165, 1.54) is 41.5 Å². The Morgan fingerprint density at radius 1 is 1.22 bits per heavy atom. The van der Waals surface area contributed by atoms with Crippen molar-refractivity contribution in [2.24, 2.45) is 5.92 Å². The van der Waals surface area contributed by atoms with E-state index in [1.807, 2.05) is 0 Å². The van der Waals surface area contributed by atoms with E-state index in [4.69, 9.17) is 9.72 Å². The van der Waals surface area contributed by atoms with Gasteiger partial charge < -0.3 is 10.1 Å². The Kier molecular flexibility index (Phi) is 6.90. The van der Waals surface area contributed by atoms with Gasteiger partial charge in [-0.3, -0.25) is 14.2 Å². The number of carbonyl (C=O) groups is 1. The molecule has 5 rings (SSSR count). The van der Waals surface area contributed by atoms with Gasteiger partial charge in [0.15, 0.2) is 5.16 Å². The first-order valence-corrected chi connectivity index (χ1v) is 14.0. The smallest absolute Gasteiger partial charge is 0.263 e. The summed E-state index contributed by atoms with van der Waals surface area (Å²) in [5.41, 5.74) is 1.26. The maximum Gasteiger partial charge on any atom is 0.263 e. The second kappa shape index (κ2) is 9.85. The third-order valence-electron chi connectivity index (χ3n) is 7.09.